The molecule has 0 aliphatic rings. The Hall–Kier alpha value is -1.03. The molecular formula is C15H16IN. The molecule has 0 radical (unpaired) electrons. The fourth-order valence-electron chi connectivity index (χ4n) is 1.76. The zero-order valence-corrected chi connectivity index (χ0v) is 12.2. The molecular weight excluding hydrogens is 321 g/mol. The number of anilines is 1. The van der Waals surface area contributed by atoms with Crippen LogP contribution in [0.3, 0.4) is 0 Å². The van der Waals surface area contributed by atoms with Gasteiger partial charge in [0.25, 0.3) is 0 Å². The predicted octanol–water partition coefficient (Wildman–Crippen LogP) is 4.77. The standard InChI is InChI=1S/C15H16IN/c1-11-8-9-14(10-15(11)16)17-12(2)13-6-4-3-5-7-13/h3-10,12,17H,1-2H3. The summed E-state index contributed by atoms with van der Waals surface area (Å²) in [5.41, 5.74) is 3.81. The molecule has 1 N–H and O–H groups in total. The predicted molar refractivity (Wildman–Crippen MR) is 82.4 cm³/mol. The largest absolute Gasteiger partial charge is 0.378 e. The minimum atomic E-state index is 0.328. The van der Waals surface area contributed by atoms with E-state index in [-0.39, 0.29) is 0 Å². The van der Waals surface area contributed by atoms with Crippen molar-refractivity contribution in [2.45, 2.75) is 19.9 Å². The second-order valence-electron chi connectivity index (χ2n) is 4.24. The number of aryl methyl sites for hydroxylation is 1. The quantitative estimate of drug-likeness (QED) is 0.796. The molecule has 0 aliphatic carbocycles. The maximum Gasteiger partial charge on any atom is 0.0485 e. The van der Waals surface area contributed by atoms with Crippen LogP contribution in [0.15, 0.2) is 48.5 Å². The van der Waals surface area contributed by atoms with Gasteiger partial charge < -0.3 is 5.32 Å². The van der Waals surface area contributed by atoms with E-state index in [9.17, 15) is 0 Å². The average molecular weight is 337 g/mol. The van der Waals surface area contributed by atoms with Gasteiger partial charge in [0.05, 0.1) is 0 Å². The second-order valence-corrected chi connectivity index (χ2v) is 5.40. The molecule has 1 nitrogen and oxygen atoms in total. The average Bonchev–Trinajstić information content (AvgIpc) is 2.35. The highest BCUT2D eigenvalue weighted by Gasteiger charge is 2.05. The van der Waals surface area contributed by atoms with Gasteiger partial charge in [-0.3, -0.25) is 0 Å². The maximum absolute atomic E-state index is 3.52. The topological polar surface area (TPSA) is 12.0 Å². The van der Waals surface area contributed by atoms with Crippen molar-refractivity contribution >= 4 is 28.3 Å². The van der Waals surface area contributed by atoms with E-state index in [1.807, 2.05) is 6.07 Å². The van der Waals surface area contributed by atoms with Crippen molar-refractivity contribution in [1.82, 2.24) is 0 Å². The van der Waals surface area contributed by atoms with Gasteiger partial charge in [-0.25, -0.2) is 0 Å². The Morgan fingerprint density at radius 2 is 1.76 bits per heavy atom. The van der Waals surface area contributed by atoms with E-state index in [0.29, 0.717) is 6.04 Å². The van der Waals surface area contributed by atoms with Crippen LogP contribution >= 0.6 is 22.6 Å². The molecule has 1 atom stereocenters. The maximum atomic E-state index is 3.52. The van der Waals surface area contributed by atoms with Gasteiger partial charge in [0.1, 0.15) is 0 Å². The first-order valence-electron chi connectivity index (χ1n) is 5.74. The molecule has 0 saturated carbocycles. The molecule has 2 rings (SSSR count). The highest BCUT2D eigenvalue weighted by molar-refractivity contribution is 14.1. The van der Waals surface area contributed by atoms with Gasteiger partial charge in [-0.1, -0.05) is 36.4 Å². The third kappa shape index (κ3) is 3.22. The number of benzene rings is 2. The third-order valence-corrected chi connectivity index (χ3v) is 4.02. The van der Waals surface area contributed by atoms with E-state index in [1.54, 1.807) is 0 Å². The second kappa shape index (κ2) is 5.54. The number of rotatable bonds is 3. The number of nitrogens with one attached hydrogen (secondary N) is 1. The third-order valence-electron chi connectivity index (χ3n) is 2.85. The number of hydrogen-bond donors (Lipinski definition) is 1. The van der Waals surface area contributed by atoms with E-state index >= 15 is 0 Å². The molecule has 0 spiro atoms. The van der Waals surface area contributed by atoms with Crippen LogP contribution in [0.25, 0.3) is 0 Å². The Morgan fingerprint density at radius 1 is 1.06 bits per heavy atom. The van der Waals surface area contributed by atoms with Crippen LogP contribution in [0, 0.1) is 10.5 Å². The Labute approximate surface area is 116 Å². The Morgan fingerprint density at radius 3 is 2.41 bits per heavy atom. The first-order chi connectivity index (χ1) is 8.16. The fourth-order valence-corrected chi connectivity index (χ4v) is 2.27. The molecule has 1 unspecified atom stereocenters. The highest BCUT2D eigenvalue weighted by atomic mass is 127. The van der Waals surface area contributed by atoms with Crippen LogP contribution in [-0.2, 0) is 0 Å². The van der Waals surface area contributed by atoms with E-state index in [4.69, 9.17) is 0 Å². The monoisotopic (exact) mass is 337 g/mol. The van der Waals surface area contributed by atoms with Crippen LogP contribution in [-0.4, -0.2) is 0 Å². The molecule has 0 saturated heterocycles. The van der Waals surface area contributed by atoms with E-state index in [2.05, 4.69) is 84.2 Å². The molecule has 0 amide bonds. The van der Waals surface area contributed by atoms with Crippen LogP contribution in [0.1, 0.15) is 24.1 Å². The van der Waals surface area contributed by atoms with Crippen molar-refractivity contribution in [3.63, 3.8) is 0 Å². The smallest absolute Gasteiger partial charge is 0.0485 e. The molecule has 0 aromatic heterocycles. The molecule has 2 aromatic carbocycles. The van der Waals surface area contributed by atoms with Crippen molar-refractivity contribution in [2.75, 3.05) is 5.32 Å². The first-order valence-corrected chi connectivity index (χ1v) is 6.82. The van der Waals surface area contributed by atoms with Gasteiger partial charge in [-0.05, 0) is 59.7 Å². The lowest BCUT2D eigenvalue weighted by Gasteiger charge is -2.16. The van der Waals surface area contributed by atoms with Crippen molar-refractivity contribution in [3.05, 3.63) is 63.2 Å². The molecule has 0 fully saturated rings. The minimum absolute atomic E-state index is 0.328. The Kier molecular flexibility index (Phi) is 4.05. The minimum Gasteiger partial charge on any atom is -0.378 e. The fraction of sp³-hybridized carbons (Fsp3) is 0.200. The Balaban J connectivity index is 2.13. The zero-order valence-electron chi connectivity index (χ0n) is 10.1. The van der Waals surface area contributed by atoms with Gasteiger partial charge >= 0.3 is 0 Å². The van der Waals surface area contributed by atoms with Gasteiger partial charge in [0, 0.05) is 15.3 Å². The summed E-state index contributed by atoms with van der Waals surface area (Å²) in [5.74, 6) is 0. The summed E-state index contributed by atoms with van der Waals surface area (Å²) >= 11 is 2.37. The first kappa shape index (κ1) is 12.4. The summed E-state index contributed by atoms with van der Waals surface area (Å²) in [7, 11) is 0. The van der Waals surface area contributed by atoms with Gasteiger partial charge in [-0.2, -0.15) is 0 Å². The summed E-state index contributed by atoms with van der Waals surface area (Å²) in [5, 5.41) is 3.52. The zero-order chi connectivity index (χ0) is 12.3. The lowest BCUT2D eigenvalue weighted by molar-refractivity contribution is 0.884. The Bertz CT molecular complexity index is 494. The summed E-state index contributed by atoms with van der Waals surface area (Å²) < 4.78 is 1.30. The van der Waals surface area contributed by atoms with Crippen LogP contribution in [0.5, 0.6) is 0 Å². The van der Waals surface area contributed by atoms with Crippen LogP contribution in [0.2, 0.25) is 0 Å². The molecule has 17 heavy (non-hydrogen) atoms. The molecule has 0 aliphatic heterocycles. The summed E-state index contributed by atoms with van der Waals surface area (Å²) in [6.45, 7) is 4.31. The van der Waals surface area contributed by atoms with E-state index < -0.39 is 0 Å². The normalized spacial score (nSPS) is 12.2. The van der Waals surface area contributed by atoms with Crippen molar-refractivity contribution in [1.29, 1.82) is 0 Å². The van der Waals surface area contributed by atoms with E-state index in [1.165, 1.54) is 20.4 Å². The summed E-state index contributed by atoms with van der Waals surface area (Å²) in [6, 6.07) is 17.3. The van der Waals surface area contributed by atoms with Gasteiger partial charge in [0.2, 0.25) is 0 Å². The van der Waals surface area contributed by atoms with Crippen molar-refractivity contribution < 1.29 is 0 Å². The lowest BCUT2D eigenvalue weighted by atomic mass is 10.1. The van der Waals surface area contributed by atoms with Crippen LogP contribution < -0.4 is 5.32 Å². The summed E-state index contributed by atoms with van der Waals surface area (Å²) in [4.78, 5) is 0. The van der Waals surface area contributed by atoms with Crippen molar-refractivity contribution in [3.8, 4) is 0 Å². The highest BCUT2D eigenvalue weighted by Crippen LogP contribution is 2.22. The van der Waals surface area contributed by atoms with Crippen LogP contribution in [0.4, 0.5) is 5.69 Å². The molecule has 0 heterocycles. The molecule has 2 aromatic rings. The van der Waals surface area contributed by atoms with Gasteiger partial charge in [0.15, 0.2) is 0 Å². The van der Waals surface area contributed by atoms with Gasteiger partial charge in [-0.15, -0.1) is 0 Å². The number of hydrogen-bond acceptors (Lipinski definition) is 1. The lowest BCUT2D eigenvalue weighted by Crippen LogP contribution is -2.06. The SMILES string of the molecule is Cc1ccc(NC(C)c2ccccc2)cc1I. The molecule has 2 heteroatoms. The summed E-state index contributed by atoms with van der Waals surface area (Å²) in [6.07, 6.45) is 0. The van der Waals surface area contributed by atoms with Crippen molar-refractivity contribution in [2.24, 2.45) is 0 Å². The number of halogens is 1. The van der Waals surface area contributed by atoms with E-state index in [0.717, 1.165) is 0 Å². The molecule has 0 bridgehead atoms. The molecule has 88 valence electrons.